The highest BCUT2D eigenvalue weighted by atomic mass is 79.9. The van der Waals surface area contributed by atoms with Crippen LogP contribution in [0.15, 0.2) is 22.8 Å². The molecule has 2 aromatic heterocycles. The normalized spacial score (nSPS) is 10.4. The van der Waals surface area contributed by atoms with E-state index in [4.69, 9.17) is 0 Å². The predicted octanol–water partition coefficient (Wildman–Crippen LogP) is 1.19. The molecule has 0 saturated carbocycles. The van der Waals surface area contributed by atoms with Gasteiger partial charge in [-0.05, 0) is 19.1 Å². The fraction of sp³-hybridized carbons (Fsp3) is 0.182. The monoisotopic (exact) mass is 310 g/mol. The van der Waals surface area contributed by atoms with E-state index in [0.717, 1.165) is 4.47 Å². The van der Waals surface area contributed by atoms with Crippen LogP contribution in [0.25, 0.3) is 5.52 Å². The van der Waals surface area contributed by atoms with Crippen LogP contribution in [0.2, 0.25) is 0 Å². The Morgan fingerprint density at radius 1 is 1.39 bits per heavy atom. The first-order chi connectivity index (χ1) is 8.49. The molecule has 18 heavy (non-hydrogen) atoms. The molecular weight excluding hydrogens is 300 g/mol. The number of nitrogens with one attached hydrogen (secondary N) is 2. The van der Waals surface area contributed by atoms with E-state index in [1.807, 2.05) is 12.3 Å². The summed E-state index contributed by atoms with van der Waals surface area (Å²) < 4.78 is 2.65. The summed E-state index contributed by atoms with van der Waals surface area (Å²) in [5, 5.41) is 0. The van der Waals surface area contributed by atoms with Crippen molar-refractivity contribution in [2.45, 2.75) is 13.8 Å². The van der Waals surface area contributed by atoms with E-state index in [9.17, 15) is 9.59 Å². The molecule has 2 rings (SSSR count). The fourth-order valence-corrected chi connectivity index (χ4v) is 1.92. The van der Waals surface area contributed by atoms with Crippen molar-refractivity contribution in [2.24, 2.45) is 0 Å². The number of rotatable bonds is 1. The van der Waals surface area contributed by atoms with Gasteiger partial charge in [-0.1, -0.05) is 15.9 Å². The minimum atomic E-state index is -0.450. The Morgan fingerprint density at radius 2 is 2.11 bits per heavy atom. The molecule has 0 aliphatic carbocycles. The van der Waals surface area contributed by atoms with Gasteiger partial charge in [0.2, 0.25) is 5.91 Å². The summed E-state index contributed by atoms with van der Waals surface area (Å²) in [5.74, 6) is -0.0934. The minimum Gasteiger partial charge on any atom is -0.303 e. The van der Waals surface area contributed by atoms with Gasteiger partial charge in [0.05, 0.1) is 5.52 Å². The summed E-state index contributed by atoms with van der Waals surface area (Å²) >= 11 is 3.34. The number of pyridine rings is 1. The summed E-state index contributed by atoms with van der Waals surface area (Å²) in [6.07, 6.45) is 1.82. The smallest absolute Gasteiger partial charge is 0.290 e. The molecule has 0 atom stereocenters. The van der Waals surface area contributed by atoms with E-state index >= 15 is 0 Å². The maximum absolute atomic E-state index is 11.9. The van der Waals surface area contributed by atoms with Gasteiger partial charge in [-0.2, -0.15) is 0 Å². The Bertz CT molecular complexity index is 635. The summed E-state index contributed by atoms with van der Waals surface area (Å²) in [6, 6.07) is 3.65. The third-order valence-corrected chi connectivity index (χ3v) is 2.84. The molecule has 2 N–H and O–H groups in total. The second-order valence-corrected chi connectivity index (χ2v) is 4.66. The molecule has 0 aromatic carbocycles. The number of hydrogen-bond donors (Lipinski definition) is 2. The van der Waals surface area contributed by atoms with Crippen LogP contribution in [-0.2, 0) is 4.79 Å². The topological polar surface area (TPSA) is 75.5 Å². The first-order valence-corrected chi connectivity index (χ1v) is 5.99. The van der Waals surface area contributed by atoms with Gasteiger partial charge in [0.25, 0.3) is 5.91 Å². The van der Waals surface area contributed by atoms with Gasteiger partial charge in [0.1, 0.15) is 5.82 Å². The highest BCUT2D eigenvalue weighted by Gasteiger charge is 2.15. The largest absolute Gasteiger partial charge is 0.303 e. The third kappa shape index (κ3) is 2.35. The first kappa shape index (κ1) is 12.6. The molecule has 0 aliphatic heterocycles. The Labute approximate surface area is 111 Å². The van der Waals surface area contributed by atoms with E-state index in [0.29, 0.717) is 11.3 Å². The molecular formula is C11H11BrN4O2. The van der Waals surface area contributed by atoms with Crippen LogP contribution in [0.1, 0.15) is 23.2 Å². The van der Waals surface area contributed by atoms with Crippen molar-refractivity contribution in [1.82, 2.24) is 20.2 Å². The van der Waals surface area contributed by atoms with Gasteiger partial charge in [-0.25, -0.2) is 4.98 Å². The van der Waals surface area contributed by atoms with Gasteiger partial charge in [0, 0.05) is 17.6 Å². The van der Waals surface area contributed by atoms with Crippen molar-refractivity contribution < 1.29 is 9.59 Å². The number of fused-ring (bicyclic) bond motifs is 1. The molecule has 2 aromatic rings. The molecule has 0 fully saturated rings. The molecule has 0 saturated heterocycles. The number of imidazole rings is 1. The summed E-state index contributed by atoms with van der Waals surface area (Å²) in [7, 11) is 0. The quantitative estimate of drug-likeness (QED) is 0.777. The second kappa shape index (κ2) is 4.77. The molecule has 6 nitrogen and oxygen atoms in total. The molecule has 7 heteroatoms. The number of aryl methyl sites for hydroxylation is 1. The van der Waals surface area contributed by atoms with Crippen molar-refractivity contribution in [3.8, 4) is 0 Å². The lowest BCUT2D eigenvalue weighted by Gasteiger charge is -2.03. The lowest BCUT2D eigenvalue weighted by Crippen LogP contribution is -2.40. The van der Waals surface area contributed by atoms with Gasteiger partial charge in [-0.15, -0.1) is 0 Å². The first-order valence-electron chi connectivity index (χ1n) is 5.20. The summed E-state index contributed by atoms with van der Waals surface area (Å²) in [6.45, 7) is 3.11. The van der Waals surface area contributed by atoms with E-state index < -0.39 is 5.91 Å². The maximum atomic E-state index is 11.9. The average Bonchev–Trinajstić information content (AvgIpc) is 2.63. The zero-order chi connectivity index (χ0) is 13.3. The average molecular weight is 311 g/mol. The summed E-state index contributed by atoms with van der Waals surface area (Å²) in [5.41, 5.74) is 5.46. The van der Waals surface area contributed by atoms with Crippen LogP contribution in [0, 0.1) is 6.92 Å². The van der Waals surface area contributed by atoms with Crippen molar-refractivity contribution >= 4 is 33.3 Å². The number of nitrogens with zero attached hydrogens (tertiary/aromatic N) is 2. The highest BCUT2D eigenvalue weighted by molar-refractivity contribution is 9.10. The van der Waals surface area contributed by atoms with Crippen LogP contribution >= 0.6 is 15.9 Å². The van der Waals surface area contributed by atoms with Crippen LogP contribution < -0.4 is 10.9 Å². The fourth-order valence-electron chi connectivity index (χ4n) is 1.58. The van der Waals surface area contributed by atoms with E-state index in [-0.39, 0.29) is 11.6 Å². The van der Waals surface area contributed by atoms with Crippen LogP contribution in [-0.4, -0.2) is 21.2 Å². The third-order valence-electron chi connectivity index (χ3n) is 2.35. The summed E-state index contributed by atoms with van der Waals surface area (Å²) in [4.78, 5) is 26.8. The van der Waals surface area contributed by atoms with Crippen molar-refractivity contribution in [3.05, 3.63) is 34.3 Å². The number of amides is 2. The second-order valence-electron chi connectivity index (χ2n) is 3.74. The maximum Gasteiger partial charge on any atom is 0.290 e. The molecule has 0 radical (unpaired) electrons. The molecule has 2 heterocycles. The molecule has 2 amide bonds. The zero-order valence-corrected chi connectivity index (χ0v) is 11.4. The van der Waals surface area contributed by atoms with Crippen LogP contribution in [0.3, 0.4) is 0 Å². The number of carbonyl (C=O) groups excluding carboxylic acids is 2. The standard InChI is InChI=1S/C11H11BrN4O2/c1-6-13-10(11(18)15-14-7(2)17)9-5-8(12)3-4-16(6)9/h3-5H,1-2H3,(H,14,17)(H,15,18). The highest BCUT2D eigenvalue weighted by Crippen LogP contribution is 2.18. The lowest BCUT2D eigenvalue weighted by atomic mass is 10.3. The molecule has 0 bridgehead atoms. The van der Waals surface area contributed by atoms with Crippen LogP contribution in [0.5, 0.6) is 0 Å². The van der Waals surface area contributed by atoms with Crippen molar-refractivity contribution in [2.75, 3.05) is 0 Å². The SMILES string of the molecule is CC(=O)NNC(=O)c1nc(C)n2ccc(Br)cc12. The lowest BCUT2D eigenvalue weighted by molar-refractivity contribution is -0.119. The molecule has 94 valence electrons. The Kier molecular flexibility index (Phi) is 3.33. The zero-order valence-electron chi connectivity index (χ0n) is 9.82. The predicted molar refractivity (Wildman–Crippen MR) is 68.9 cm³/mol. The van der Waals surface area contributed by atoms with Crippen molar-refractivity contribution in [1.29, 1.82) is 0 Å². The minimum absolute atomic E-state index is 0.266. The Balaban J connectivity index is 2.41. The van der Waals surface area contributed by atoms with Gasteiger partial charge in [0.15, 0.2) is 5.69 Å². The van der Waals surface area contributed by atoms with Gasteiger partial charge >= 0.3 is 0 Å². The van der Waals surface area contributed by atoms with Gasteiger partial charge in [-0.3, -0.25) is 20.4 Å². The Morgan fingerprint density at radius 3 is 2.78 bits per heavy atom. The van der Waals surface area contributed by atoms with E-state index in [1.54, 1.807) is 17.4 Å². The molecule has 0 aliphatic rings. The van der Waals surface area contributed by atoms with Gasteiger partial charge < -0.3 is 4.40 Å². The van der Waals surface area contributed by atoms with Crippen LogP contribution in [0.4, 0.5) is 0 Å². The van der Waals surface area contributed by atoms with Crippen molar-refractivity contribution in [3.63, 3.8) is 0 Å². The number of halogens is 1. The van der Waals surface area contributed by atoms with E-state index in [1.165, 1.54) is 6.92 Å². The number of hydrogen-bond acceptors (Lipinski definition) is 3. The van der Waals surface area contributed by atoms with E-state index in [2.05, 4.69) is 31.8 Å². The molecule has 0 unspecified atom stereocenters. The number of carbonyl (C=O) groups is 2. The molecule has 0 spiro atoms. The number of hydrazine groups is 1. The number of aromatic nitrogens is 2. The Hall–Kier alpha value is -1.89.